The van der Waals surface area contributed by atoms with Crippen molar-refractivity contribution in [3.63, 3.8) is 0 Å². The molecule has 0 aliphatic heterocycles. The highest BCUT2D eigenvalue weighted by molar-refractivity contribution is 7.90. The molecule has 0 amide bonds. The van der Waals surface area contributed by atoms with Gasteiger partial charge in [0, 0.05) is 11.8 Å². The van der Waals surface area contributed by atoms with Gasteiger partial charge in [-0.15, -0.1) is 0 Å². The zero-order valence-electron chi connectivity index (χ0n) is 8.04. The minimum Gasteiger partial charge on any atom is -0.451 e. The van der Waals surface area contributed by atoms with Crippen LogP contribution in [0.15, 0.2) is 46.2 Å². The molecular weight excluding hydrogens is 214 g/mol. The summed E-state index contributed by atoms with van der Waals surface area (Å²) >= 11 is 0. The number of hydrogen-bond acceptors (Lipinski definition) is 4. The SMILES string of the molecule is CS(=O)(=O)c1ccccc1-c1cocn1. The fraction of sp³-hybridized carbons (Fsp3) is 0.100. The largest absolute Gasteiger partial charge is 0.451 e. The van der Waals surface area contributed by atoms with E-state index in [9.17, 15) is 8.42 Å². The van der Waals surface area contributed by atoms with E-state index in [1.54, 1.807) is 24.3 Å². The molecule has 2 aromatic rings. The highest BCUT2D eigenvalue weighted by Crippen LogP contribution is 2.25. The lowest BCUT2D eigenvalue weighted by Gasteiger charge is -2.03. The Bertz CT molecular complexity index is 558. The minimum atomic E-state index is -3.24. The molecule has 4 nitrogen and oxygen atoms in total. The fourth-order valence-electron chi connectivity index (χ4n) is 1.35. The first-order valence-electron chi connectivity index (χ1n) is 4.26. The van der Waals surface area contributed by atoms with Crippen LogP contribution >= 0.6 is 0 Å². The van der Waals surface area contributed by atoms with Crippen LogP contribution in [0.4, 0.5) is 0 Å². The summed E-state index contributed by atoms with van der Waals surface area (Å²) in [5, 5.41) is 0. The fourth-order valence-corrected chi connectivity index (χ4v) is 2.24. The topological polar surface area (TPSA) is 60.2 Å². The van der Waals surface area contributed by atoms with Crippen LogP contribution in [0.1, 0.15) is 0 Å². The average molecular weight is 223 g/mol. The van der Waals surface area contributed by atoms with Crippen LogP contribution in [-0.2, 0) is 9.84 Å². The summed E-state index contributed by atoms with van der Waals surface area (Å²) in [6, 6.07) is 6.70. The third-order valence-electron chi connectivity index (χ3n) is 1.99. The molecule has 0 spiro atoms. The van der Waals surface area contributed by atoms with Gasteiger partial charge in [0.15, 0.2) is 16.2 Å². The highest BCUT2D eigenvalue weighted by atomic mass is 32.2. The normalized spacial score (nSPS) is 11.5. The Morgan fingerprint density at radius 3 is 2.60 bits per heavy atom. The van der Waals surface area contributed by atoms with E-state index in [0.29, 0.717) is 11.3 Å². The molecule has 5 heteroatoms. The molecule has 0 unspecified atom stereocenters. The lowest BCUT2D eigenvalue weighted by atomic mass is 10.2. The predicted octanol–water partition coefficient (Wildman–Crippen LogP) is 1.75. The second-order valence-corrected chi connectivity index (χ2v) is 5.13. The quantitative estimate of drug-likeness (QED) is 0.778. The van der Waals surface area contributed by atoms with E-state index in [4.69, 9.17) is 4.42 Å². The zero-order valence-corrected chi connectivity index (χ0v) is 8.86. The van der Waals surface area contributed by atoms with Crippen molar-refractivity contribution in [1.82, 2.24) is 4.98 Å². The Morgan fingerprint density at radius 2 is 2.00 bits per heavy atom. The Hall–Kier alpha value is -1.62. The first kappa shape index (κ1) is 9.92. The summed E-state index contributed by atoms with van der Waals surface area (Å²) in [5.74, 6) is 0. The second-order valence-electron chi connectivity index (χ2n) is 3.14. The number of oxazole rings is 1. The Morgan fingerprint density at radius 1 is 1.27 bits per heavy atom. The summed E-state index contributed by atoms with van der Waals surface area (Å²) in [5.41, 5.74) is 1.09. The molecule has 1 aromatic carbocycles. The van der Waals surface area contributed by atoms with Crippen LogP contribution in [0.2, 0.25) is 0 Å². The van der Waals surface area contributed by atoms with Gasteiger partial charge >= 0.3 is 0 Å². The first-order valence-corrected chi connectivity index (χ1v) is 6.16. The van der Waals surface area contributed by atoms with Gasteiger partial charge in [-0.3, -0.25) is 0 Å². The third kappa shape index (κ3) is 1.92. The molecule has 1 aromatic heterocycles. The molecule has 2 rings (SSSR count). The number of nitrogens with zero attached hydrogens (tertiary/aromatic N) is 1. The van der Waals surface area contributed by atoms with Gasteiger partial charge in [0.1, 0.15) is 12.0 Å². The smallest absolute Gasteiger partial charge is 0.181 e. The monoisotopic (exact) mass is 223 g/mol. The molecule has 0 saturated heterocycles. The van der Waals surface area contributed by atoms with Gasteiger partial charge < -0.3 is 4.42 Å². The number of benzene rings is 1. The van der Waals surface area contributed by atoms with Crippen LogP contribution in [0.5, 0.6) is 0 Å². The molecule has 0 aliphatic rings. The van der Waals surface area contributed by atoms with E-state index in [1.165, 1.54) is 18.9 Å². The number of hydrogen-bond donors (Lipinski definition) is 0. The summed E-state index contributed by atoms with van der Waals surface area (Å²) < 4.78 is 27.8. The minimum absolute atomic E-state index is 0.263. The van der Waals surface area contributed by atoms with Crippen molar-refractivity contribution in [1.29, 1.82) is 0 Å². The summed E-state index contributed by atoms with van der Waals surface area (Å²) in [6.07, 6.45) is 3.87. The molecule has 0 bridgehead atoms. The molecular formula is C10H9NO3S. The molecule has 0 aliphatic carbocycles. The van der Waals surface area contributed by atoms with E-state index < -0.39 is 9.84 Å². The van der Waals surface area contributed by atoms with Crippen molar-refractivity contribution in [3.05, 3.63) is 36.9 Å². The molecule has 0 saturated carbocycles. The van der Waals surface area contributed by atoms with E-state index in [1.807, 2.05) is 0 Å². The van der Waals surface area contributed by atoms with E-state index in [0.717, 1.165) is 0 Å². The van der Waals surface area contributed by atoms with Crippen LogP contribution in [0, 0.1) is 0 Å². The van der Waals surface area contributed by atoms with Gasteiger partial charge in [0.25, 0.3) is 0 Å². The maximum absolute atomic E-state index is 11.5. The van der Waals surface area contributed by atoms with E-state index in [2.05, 4.69) is 4.98 Å². The van der Waals surface area contributed by atoms with Crippen molar-refractivity contribution in [2.24, 2.45) is 0 Å². The van der Waals surface area contributed by atoms with Gasteiger partial charge in [-0.1, -0.05) is 18.2 Å². The van der Waals surface area contributed by atoms with Gasteiger partial charge in [0.2, 0.25) is 0 Å². The molecule has 0 N–H and O–H groups in total. The highest BCUT2D eigenvalue weighted by Gasteiger charge is 2.14. The Labute approximate surface area is 87.5 Å². The Balaban J connectivity index is 2.68. The predicted molar refractivity (Wildman–Crippen MR) is 55.0 cm³/mol. The lowest BCUT2D eigenvalue weighted by Crippen LogP contribution is -1.99. The molecule has 15 heavy (non-hydrogen) atoms. The third-order valence-corrected chi connectivity index (χ3v) is 3.15. The zero-order chi connectivity index (χ0) is 10.9. The van der Waals surface area contributed by atoms with E-state index >= 15 is 0 Å². The van der Waals surface area contributed by atoms with Gasteiger partial charge in [-0.25, -0.2) is 13.4 Å². The van der Waals surface area contributed by atoms with Crippen LogP contribution in [-0.4, -0.2) is 19.7 Å². The summed E-state index contributed by atoms with van der Waals surface area (Å²) in [4.78, 5) is 4.19. The van der Waals surface area contributed by atoms with E-state index in [-0.39, 0.29) is 4.90 Å². The molecule has 78 valence electrons. The maximum atomic E-state index is 11.5. The van der Waals surface area contributed by atoms with Gasteiger partial charge in [-0.05, 0) is 6.07 Å². The van der Waals surface area contributed by atoms with Gasteiger partial charge in [-0.2, -0.15) is 0 Å². The van der Waals surface area contributed by atoms with Crippen LogP contribution in [0.25, 0.3) is 11.3 Å². The van der Waals surface area contributed by atoms with Crippen molar-refractivity contribution in [2.45, 2.75) is 4.90 Å². The van der Waals surface area contributed by atoms with Crippen molar-refractivity contribution in [3.8, 4) is 11.3 Å². The van der Waals surface area contributed by atoms with Crippen molar-refractivity contribution in [2.75, 3.05) is 6.26 Å². The Kier molecular flexibility index (Phi) is 2.32. The molecule has 0 atom stereocenters. The number of sulfone groups is 1. The van der Waals surface area contributed by atoms with Gasteiger partial charge in [0.05, 0.1) is 4.90 Å². The first-order chi connectivity index (χ1) is 7.09. The average Bonchev–Trinajstić information content (AvgIpc) is 2.69. The molecule has 1 heterocycles. The molecule has 0 radical (unpaired) electrons. The summed E-state index contributed by atoms with van der Waals surface area (Å²) in [7, 11) is -3.24. The lowest BCUT2D eigenvalue weighted by molar-refractivity contribution is 0.558. The van der Waals surface area contributed by atoms with Crippen molar-refractivity contribution < 1.29 is 12.8 Å². The van der Waals surface area contributed by atoms with Crippen molar-refractivity contribution >= 4 is 9.84 Å². The second kappa shape index (κ2) is 3.51. The number of aromatic nitrogens is 1. The van der Waals surface area contributed by atoms with Crippen LogP contribution < -0.4 is 0 Å². The standard InChI is InChI=1S/C10H9NO3S/c1-15(12,13)10-5-3-2-4-8(10)9-6-14-7-11-9/h2-7H,1H3. The molecule has 0 fully saturated rings. The number of rotatable bonds is 2. The van der Waals surface area contributed by atoms with Crippen LogP contribution in [0.3, 0.4) is 0 Å². The summed E-state index contributed by atoms with van der Waals surface area (Å²) in [6.45, 7) is 0. The maximum Gasteiger partial charge on any atom is 0.181 e.